The summed E-state index contributed by atoms with van der Waals surface area (Å²) in [5.41, 5.74) is -1.16. The second-order valence-corrected chi connectivity index (χ2v) is 4.29. The maximum atomic E-state index is 12.2. The molecule has 1 saturated carbocycles. The summed E-state index contributed by atoms with van der Waals surface area (Å²) in [7, 11) is 0. The normalized spacial score (nSPS) is 19.8. The molecule has 1 N–H and O–H groups in total. The Morgan fingerprint density at radius 2 is 1.94 bits per heavy atom. The Bertz CT molecular complexity index is 276. The molecule has 6 heteroatoms. The maximum absolute atomic E-state index is 12.2. The molecule has 0 spiro atoms. The molecule has 0 saturated heterocycles. The highest BCUT2D eigenvalue weighted by Gasteiger charge is 2.51. The van der Waals surface area contributed by atoms with Crippen LogP contribution in [0.25, 0.3) is 0 Å². The fourth-order valence-electron chi connectivity index (χ4n) is 2.04. The lowest BCUT2D eigenvalue weighted by molar-refractivity contribution is -0.157. The van der Waals surface area contributed by atoms with Gasteiger partial charge >= 0.3 is 12.1 Å². The Kier molecular flexibility index (Phi) is 4.41. The summed E-state index contributed by atoms with van der Waals surface area (Å²) < 4.78 is 41.6. The van der Waals surface area contributed by atoms with Gasteiger partial charge in [0, 0.05) is 0 Å². The number of carbonyl (C=O) groups is 1. The van der Waals surface area contributed by atoms with E-state index in [1.54, 1.807) is 13.8 Å². The molecule has 0 aromatic carbocycles. The van der Waals surface area contributed by atoms with Gasteiger partial charge in [0.1, 0.15) is 5.54 Å². The van der Waals surface area contributed by atoms with Gasteiger partial charge in [-0.25, -0.2) is 0 Å². The minimum Gasteiger partial charge on any atom is -0.465 e. The first-order valence-electron chi connectivity index (χ1n) is 5.84. The first kappa shape index (κ1) is 14.3. The van der Waals surface area contributed by atoms with Gasteiger partial charge in [0.2, 0.25) is 0 Å². The number of esters is 1. The Labute approximate surface area is 98.7 Å². The molecular formula is C11H18F3NO2. The minimum absolute atomic E-state index is 0.0334. The van der Waals surface area contributed by atoms with Crippen molar-refractivity contribution in [1.82, 2.24) is 5.32 Å². The van der Waals surface area contributed by atoms with E-state index in [2.05, 4.69) is 5.32 Å². The molecule has 1 aliphatic carbocycles. The van der Waals surface area contributed by atoms with Gasteiger partial charge in [-0.15, -0.1) is 0 Å². The van der Waals surface area contributed by atoms with Gasteiger partial charge in [0.15, 0.2) is 0 Å². The van der Waals surface area contributed by atoms with Crippen molar-refractivity contribution in [1.29, 1.82) is 0 Å². The molecule has 0 radical (unpaired) electrons. The Balaban J connectivity index is 2.74. The number of alkyl halides is 3. The van der Waals surface area contributed by atoms with Crippen LogP contribution in [0.1, 0.15) is 33.1 Å². The van der Waals surface area contributed by atoms with Crippen LogP contribution < -0.4 is 5.32 Å². The summed E-state index contributed by atoms with van der Waals surface area (Å²) in [5.74, 6) is -0.594. The largest absolute Gasteiger partial charge is 0.465 e. The lowest BCUT2D eigenvalue weighted by Crippen LogP contribution is -2.56. The molecule has 100 valence electrons. The van der Waals surface area contributed by atoms with Crippen LogP contribution in [0.15, 0.2) is 0 Å². The standard InChI is InChI=1S/C11H18F3NO2/c1-3-10(8-5-6-8,9(16)17-4-2)15-7-11(12,13)14/h8,15H,3-7H2,1-2H3. The van der Waals surface area contributed by atoms with Gasteiger partial charge in [-0.2, -0.15) is 13.2 Å². The average Bonchev–Trinajstić information content (AvgIpc) is 3.02. The van der Waals surface area contributed by atoms with Crippen LogP contribution in [-0.4, -0.2) is 30.8 Å². The second kappa shape index (κ2) is 5.25. The molecule has 3 nitrogen and oxygen atoms in total. The molecular weight excluding hydrogens is 235 g/mol. The van der Waals surface area contributed by atoms with E-state index in [1.165, 1.54) is 0 Å². The van der Waals surface area contributed by atoms with E-state index in [1.807, 2.05) is 0 Å². The van der Waals surface area contributed by atoms with Gasteiger partial charge in [-0.1, -0.05) is 6.92 Å². The van der Waals surface area contributed by atoms with E-state index < -0.39 is 24.2 Å². The van der Waals surface area contributed by atoms with Crippen LogP contribution >= 0.6 is 0 Å². The summed E-state index contributed by atoms with van der Waals surface area (Å²) in [6.07, 6.45) is -2.45. The molecule has 0 bridgehead atoms. The van der Waals surface area contributed by atoms with Crippen molar-refractivity contribution in [3.8, 4) is 0 Å². The van der Waals surface area contributed by atoms with E-state index in [4.69, 9.17) is 4.74 Å². The molecule has 0 aliphatic heterocycles. The lowest BCUT2D eigenvalue weighted by atomic mass is 9.90. The zero-order valence-corrected chi connectivity index (χ0v) is 10.1. The van der Waals surface area contributed by atoms with Crippen molar-refractivity contribution >= 4 is 5.97 Å². The molecule has 0 aromatic heterocycles. The zero-order valence-electron chi connectivity index (χ0n) is 10.1. The van der Waals surface area contributed by atoms with Crippen LogP contribution in [0.4, 0.5) is 13.2 Å². The third kappa shape index (κ3) is 3.59. The molecule has 1 aliphatic rings. The summed E-state index contributed by atoms with van der Waals surface area (Å²) >= 11 is 0. The van der Waals surface area contributed by atoms with E-state index in [9.17, 15) is 18.0 Å². The number of rotatable bonds is 6. The fraction of sp³-hybridized carbons (Fsp3) is 0.909. The molecule has 0 aromatic rings. The van der Waals surface area contributed by atoms with Crippen LogP contribution in [0, 0.1) is 5.92 Å². The predicted molar refractivity (Wildman–Crippen MR) is 56.4 cm³/mol. The predicted octanol–water partition coefficient (Wildman–Crippen LogP) is 2.26. The van der Waals surface area contributed by atoms with E-state index in [0.29, 0.717) is 6.42 Å². The van der Waals surface area contributed by atoms with Crippen molar-refractivity contribution < 1.29 is 22.7 Å². The molecule has 1 rings (SSSR count). The van der Waals surface area contributed by atoms with Gasteiger partial charge in [0.05, 0.1) is 13.2 Å². The maximum Gasteiger partial charge on any atom is 0.401 e. The highest BCUT2D eigenvalue weighted by Crippen LogP contribution is 2.42. The topological polar surface area (TPSA) is 38.3 Å². The first-order valence-corrected chi connectivity index (χ1v) is 5.84. The minimum atomic E-state index is -4.32. The number of hydrogen-bond acceptors (Lipinski definition) is 3. The van der Waals surface area contributed by atoms with Crippen LogP contribution in [0.2, 0.25) is 0 Å². The average molecular weight is 253 g/mol. The smallest absolute Gasteiger partial charge is 0.401 e. The first-order chi connectivity index (χ1) is 7.85. The molecule has 17 heavy (non-hydrogen) atoms. The molecule has 1 unspecified atom stereocenters. The van der Waals surface area contributed by atoms with Gasteiger partial charge < -0.3 is 4.74 Å². The molecule has 1 fully saturated rings. The monoisotopic (exact) mass is 253 g/mol. The quantitative estimate of drug-likeness (QED) is 0.738. The summed E-state index contributed by atoms with van der Waals surface area (Å²) in [4.78, 5) is 11.8. The SMILES string of the molecule is CCOC(=O)C(CC)(NCC(F)(F)F)C1CC1. The van der Waals surface area contributed by atoms with E-state index in [0.717, 1.165) is 12.8 Å². The van der Waals surface area contributed by atoms with Crippen molar-refractivity contribution in [3.63, 3.8) is 0 Å². The molecule has 0 heterocycles. The number of carbonyl (C=O) groups excluding carboxylic acids is 1. The van der Waals surface area contributed by atoms with E-state index in [-0.39, 0.29) is 12.5 Å². The number of halogens is 3. The highest BCUT2D eigenvalue weighted by molar-refractivity contribution is 5.81. The Morgan fingerprint density at radius 3 is 2.29 bits per heavy atom. The number of ether oxygens (including phenoxy) is 1. The summed E-state index contributed by atoms with van der Waals surface area (Å²) in [6, 6.07) is 0. The van der Waals surface area contributed by atoms with Gasteiger partial charge in [-0.3, -0.25) is 10.1 Å². The third-order valence-electron chi connectivity index (χ3n) is 3.08. The lowest BCUT2D eigenvalue weighted by Gasteiger charge is -2.32. The Morgan fingerprint density at radius 1 is 1.35 bits per heavy atom. The fourth-order valence-corrected chi connectivity index (χ4v) is 2.04. The van der Waals surface area contributed by atoms with Gasteiger partial charge in [0.25, 0.3) is 0 Å². The number of nitrogens with one attached hydrogen (secondary N) is 1. The van der Waals surface area contributed by atoms with Crippen molar-refractivity contribution in [2.24, 2.45) is 5.92 Å². The Hall–Kier alpha value is -0.780. The van der Waals surface area contributed by atoms with Gasteiger partial charge in [-0.05, 0) is 32.1 Å². The van der Waals surface area contributed by atoms with Crippen LogP contribution in [-0.2, 0) is 9.53 Å². The third-order valence-corrected chi connectivity index (χ3v) is 3.08. The zero-order chi connectivity index (χ0) is 13.1. The molecule has 0 amide bonds. The van der Waals surface area contributed by atoms with Crippen LogP contribution in [0.5, 0.6) is 0 Å². The van der Waals surface area contributed by atoms with E-state index >= 15 is 0 Å². The number of hydrogen-bond donors (Lipinski definition) is 1. The summed E-state index contributed by atoms with van der Waals surface area (Å²) in [5, 5.41) is 2.37. The second-order valence-electron chi connectivity index (χ2n) is 4.29. The highest BCUT2D eigenvalue weighted by atomic mass is 19.4. The van der Waals surface area contributed by atoms with Crippen molar-refractivity contribution in [2.75, 3.05) is 13.2 Å². The van der Waals surface area contributed by atoms with Crippen LogP contribution in [0.3, 0.4) is 0 Å². The molecule has 1 atom stereocenters. The van der Waals surface area contributed by atoms with Crippen molar-refractivity contribution in [3.05, 3.63) is 0 Å². The van der Waals surface area contributed by atoms with Crippen molar-refractivity contribution in [2.45, 2.75) is 44.8 Å². The summed E-state index contributed by atoms with van der Waals surface area (Å²) in [6.45, 7) is 2.38.